The highest BCUT2D eigenvalue weighted by molar-refractivity contribution is 6.11. The minimum absolute atomic E-state index is 0.218. The average molecular weight is 806 g/mol. The van der Waals surface area contributed by atoms with Gasteiger partial charge in [-0.2, -0.15) is 0 Å². The van der Waals surface area contributed by atoms with Crippen LogP contribution in [0, 0.1) is 0 Å². The van der Waals surface area contributed by atoms with Gasteiger partial charge in [0.1, 0.15) is 11.2 Å². The Morgan fingerprint density at radius 1 is 0.381 bits per heavy atom. The highest BCUT2D eigenvalue weighted by Gasteiger charge is 2.18. The van der Waals surface area contributed by atoms with Gasteiger partial charge in [-0.25, -0.2) is 0 Å². The summed E-state index contributed by atoms with van der Waals surface area (Å²) in [6.45, 7) is 0. The maximum atomic E-state index is 6.43. The van der Waals surface area contributed by atoms with Gasteiger partial charge < -0.3 is 8.98 Å². The van der Waals surface area contributed by atoms with Crippen LogP contribution in [0.4, 0.5) is 0 Å². The standard InChI is InChI=1S/C61H43NO/c1-2-13-51(14-3-1)62-58-19-8-6-15-54(58)57-40-50(36-38-59(57)62)43-24-21-41(22-25-43)23-37-52(45-29-26-44(27-30-45)49-35-28-42-11-4-5-12-48(42)39-49)46-31-33-47(34-32-46)53-17-10-18-56-55-16-7-9-20-60(55)63-61(53)56/h1-22,24-36,38-40,52H,23,37H2/t52-/m0/s1. The first kappa shape index (κ1) is 36.9. The van der Waals surface area contributed by atoms with Crippen LogP contribution in [0.25, 0.3) is 93.6 Å². The molecule has 0 saturated carbocycles. The van der Waals surface area contributed by atoms with Gasteiger partial charge in [-0.3, -0.25) is 0 Å². The molecule has 0 aliphatic rings. The highest BCUT2D eigenvalue weighted by Crippen LogP contribution is 2.39. The third-order valence-electron chi connectivity index (χ3n) is 13.1. The molecule has 10 aromatic carbocycles. The lowest BCUT2D eigenvalue weighted by Gasteiger charge is -2.20. The lowest BCUT2D eigenvalue weighted by atomic mass is 9.84. The van der Waals surface area contributed by atoms with Crippen LogP contribution in [0.5, 0.6) is 0 Å². The SMILES string of the molecule is c1ccc(-n2c3ccccc3c3cc(-c4ccc(CC[C@@H](c5ccc(-c6ccc7ccccc7c6)cc5)c5ccc(-c6cccc7c6oc6ccccc67)cc5)cc4)ccc32)cc1. The van der Waals surface area contributed by atoms with E-state index >= 15 is 0 Å². The summed E-state index contributed by atoms with van der Waals surface area (Å²) in [7, 11) is 0. The zero-order valence-corrected chi connectivity index (χ0v) is 34.8. The van der Waals surface area contributed by atoms with E-state index in [1.165, 1.54) is 77.2 Å². The van der Waals surface area contributed by atoms with Crippen molar-refractivity contribution >= 4 is 54.5 Å². The van der Waals surface area contributed by atoms with Crippen LogP contribution >= 0.6 is 0 Å². The Kier molecular flexibility index (Phi) is 9.08. The molecule has 298 valence electrons. The normalized spacial score (nSPS) is 12.2. The van der Waals surface area contributed by atoms with E-state index in [0.29, 0.717) is 0 Å². The molecule has 0 radical (unpaired) electrons. The van der Waals surface area contributed by atoms with Crippen LogP contribution in [0.1, 0.15) is 29.0 Å². The summed E-state index contributed by atoms with van der Waals surface area (Å²) in [6.07, 6.45) is 1.94. The molecule has 2 aromatic heterocycles. The topological polar surface area (TPSA) is 18.1 Å². The first-order valence-electron chi connectivity index (χ1n) is 22.0. The zero-order valence-electron chi connectivity index (χ0n) is 34.8. The first-order valence-corrected chi connectivity index (χ1v) is 22.0. The Bertz CT molecular complexity index is 3590. The number of nitrogens with zero attached hydrogens (tertiary/aromatic N) is 1. The Labute approximate surface area is 366 Å². The van der Waals surface area contributed by atoms with E-state index < -0.39 is 0 Å². The second-order valence-electron chi connectivity index (χ2n) is 16.8. The monoisotopic (exact) mass is 805 g/mol. The van der Waals surface area contributed by atoms with Crippen molar-refractivity contribution in [2.75, 3.05) is 0 Å². The molecule has 0 aliphatic heterocycles. The molecule has 0 spiro atoms. The Morgan fingerprint density at radius 2 is 0.968 bits per heavy atom. The fraction of sp³-hybridized carbons (Fsp3) is 0.0492. The molecule has 12 rings (SSSR count). The van der Waals surface area contributed by atoms with Gasteiger partial charge in [-0.05, 0) is 111 Å². The molecule has 2 heterocycles. The quantitative estimate of drug-likeness (QED) is 0.142. The number of fused-ring (bicyclic) bond motifs is 7. The zero-order chi connectivity index (χ0) is 41.7. The van der Waals surface area contributed by atoms with Crippen molar-refractivity contribution < 1.29 is 4.42 Å². The van der Waals surface area contributed by atoms with Crippen LogP contribution in [0.3, 0.4) is 0 Å². The number of aromatic nitrogens is 1. The second-order valence-corrected chi connectivity index (χ2v) is 16.8. The maximum Gasteiger partial charge on any atom is 0.143 e. The lowest BCUT2D eigenvalue weighted by Crippen LogP contribution is -2.03. The van der Waals surface area contributed by atoms with Gasteiger partial charge in [0.05, 0.1) is 11.0 Å². The summed E-state index contributed by atoms with van der Waals surface area (Å²) in [5.41, 5.74) is 16.7. The molecule has 0 saturated heterocycles. The van der Waals surface area contributed by atoms with Gasteiger partial charge in [-0.15, -0.1) is 0 Å². The third kappa shape index (κ3) is 6.68. The largest absolute Gasteiger partial charge is 0.455 e. The number of rotatable bonds is 9. The van der Waals surface area contributed by atoms with Gasteiger partial charge in [0, 0.05) is 38.7 Å². The molecule has 0 bridgehead atoms. The van der Waals surface area contributed by atoms with E-state index in [4.69, 9.17) is 4.42 Å². The molecular formula is C61H43NO. The molecule has 1 atom stereocenters. The minimum Gasteiger partial charge on any atom is -0.455 e. The summed E-state index contributed by atoms with van der Waals surface area (Å²) in [5.74, 6) is 0.218. The predicted octanol–water partition coefficient (Wildman–Crippen LogP) is 16.6. The van der Waals surface area contributed by atoms with E-state index in [1.54, 1.807) is 0 Å². The van der Waals surface area contributed by atoms with Crippen LogP contribution in [0.15, 0.2) is 235 Å². The molecule has 63 heavy (non-hydrogen) atoms. The number of aryl methyl sites for hydroxylation is 1. The van der Waals surface area contributed by atoms with Gasteiger partial charge in [0.15, 0.2) is 0 Å². The van der Waals surface area contributed by atoms with Gasteiger partial charge in [-0.1, -0.05) is 188 Å². The van der Waals surface area contributed by atoms with Gasteiger partial charge in [0.2, 0.25) is 0 Å². The molecule has 0 fully saturated rings. The Balaban J connectivity index is 0.853. The van der Waals surface area contributed by atoms with Crippen LogP contribution in [0.2, 0.25) is 0 Å². The van der Waals surface area contributed by atoms with E-state index in [2.05, 4.69) is 229 Å². The Morgan fingerprint density at radius 3 is 1.76 bits per heavy atom. The van der Waals surface area contributed by atoms with Crippen molar-refractivity contribution in [3.8, 4) is 39.1 Å². The Hall–Kier alpha value is -7.94. The summed E-state index contributed by atoms with van der Waals surface area (Å²) >= 11 is 0. The number of benzene rings is 10. The molecule has 2 heteroatoms. The molecule has 2 nitrogen and oxygen atoms in total. The smallest absolute Gasteiger partial charge is 0.143 e. The van der Waals surface area contributed by atoms with Crippen molar-refractivity contribution in [2.45, 2.75) is 18.8 Å². The molecule has 0 aliphatic carbocycles. The lowest BCUT2D eigenvalue weighted by molar-refractivity contribution is 0.670. The molecule has 0 unspecified atom stereocenters. The number of para-hydroxylation sites is 4. The van der Waals surface area contributed by atoms with Gasteiger partial charge >= 0.3 is 0 Å². The molecule has 12 aromatic rings. The van der Waals surface area contributed by atoms with Crippen molar-refractivity contribution in [2.24, 2.45) is 0 Å². The predicted molar refractivity (Wildman–Crippen MR) is 265 cm³/mol. The first-order chi connectivity index (χ1) is 31.2. The summed E-state index contributed by atoms with van der Waals surface area (Å²) in [4.78, 5) is 0. The average Bonchev–Trinajstić information content (AvgIpc) is 3.91. The third-order valence-corrected chi connectivity index (χ3v) is 13.1. The van der Waals surface area contributed by atoms with E-state index in [-0.39, 0.29) is 5.92 Å². The molecular weight excluding hydrogens is 763 g/mol. The van der Waals surface area contributed by atoms with Crippen LogP contribution in [-0.2, 0) is 6.42 Å². The number of furan rings is 1. The van der Waals surface area contributed by atoms with Crippen molar-refractivity contribution in [1.82, 2.24) is 4.57 Å². The van der Waals surface area contributed by atoms with Crippen LogP contribution in [-0.4, -0.2) is 4.57 Å². The number of hydrogen-bond donors (Lipinski definition) is 0. The highest BCUT2D eigenvalue weighted by atomic mass is 16.3. The summed E-state index contributed by atoms with van der Waals surface area (Å²) < 4.78 is 8.81. The van der Waals surface area contributed by atoms with Crippen molar-refractivity contribution in [1.29, 1.82) is 0 Å². The van der Waals surface area contributed by atoms with E-state index in [1.807, 2.05) is 6.07 Å². The molecule has 0 N–H and O–H groups in total. The van der Waals surface area contributed by atoms with E-state index in [0.717, 1.165) is 45.9 Å². The maximum absolute atomic E-state index is 6.43. The van der Waals surface area contributed by atoms with E-state index in [9.17, 15) is 0 Å². The van der Waals surface area contributed by atoms with Crippen molar-refractivity contribution in [3.05, 3.63) is 247 Å². The summed E-state index contributed by atoms with van der Waals surface area (Å²) in [6, 6.07) is 84.2. The second kappa shape index (κ2) is 15.5. The minimum atomic E-state index is 0.218. The van der Waals surface area contributed by atoms with Crippen molar-refractivity contribution in [3.63, 3.8) is 0 Å². The van der Waals surface area contributed by atoms with Gasteiger partial charge in [0.25, 0.3) is 0 Å². The fourth-order valence-electron chi connectivity index (χ4n) is 9.85. The molecule has 0 amide bonds. The summed E-state index contributed by atoms with van der Waals surface area (Å²) in [5, 5.41) is 7.37. The number of hydrogen-bond acceptors (Lipinski definition) is 1. The fourth-order valence-corrected chi connectivity index (χ4v) is 9.85. The van der Waals surface area contributed by atoms with Crippen LogP contribution < -0.4 is 0 Å².